The monoisotopic (exact) mass is 591 g/mol. The molecule has 0 amide bonds. The summed E-state index contributed by atoms with van der Waals surface area (Å²) in [6, 6.07) is 11.7. The van der Waals surface area contributed by atoms with Crippen LogP contribution in [0.15, 0.2) is 57.7 Å². The van der Waals surface area contributed by atoms with E-state index in [2.05, 4.69) is 10.1 Å². The summed E-state index contributed by atoms with van der Waals surface area (Å²) in [7, 11) is -0.778. The lowest BCUT2D eigenvalue weighted by Gasteiger charge is -2.27. The zero-order valence-electron chi connectivity index (χ0n) is 24.0. The van der Waals surface area contributed by atoms with Crippen molar-refractivity contribution in [2.45, 2.75) is 38.0 Å². The third-order valence-electron chi connectivity index (χ3n) is 7.12. The molecular weight excluding hydrogens is 558 g/mol. The third kappa shape index (κ3) is 5.59. The number of aromatic nitrogens is 4. The highest BCUT2D eigenvalue weighted by Gasteiger charge is 2.32. The van der Waals surface area contributed by atoms with Gasteiger partial charge in [-0.15, -0.1) is 0 Å². The molecule has 0 bridgehead atoms. The molecule has 220 valence electrons. The van der Waals surface area contributed by atoms with Crippen molar-refractivity contribution in [3.63, 3.8) is 0 Å². The first kappa shape index (κ1) is 29.2. The van der Waals surface area contributed by atoms with E-state index in [1.807, 2.05) is 19.9 Å². The largest absolute Gasteiger partial charge is 0.497 e. The molecule has 1 saturated heterocycles. The number of ether oxygens (including phenoxy) is 2. The number of Topliss-reactive ketones (excluding diaryl/α,β-unsaturated/α-hetero) is 1. The van der Waals surface area contributed by atoms with Crippen LogP contribution in [0.3, 0.4) is 0 Å². The van der Waals surface area contributed by atoms with Crippen LogP contribution >= 0.6 is 0 Å². The fraction of sp³-hybridized carbons (Fsp3) is 0.333. The van der Waals surface area contributed by atoms with Crippen LogP contribution in [0, 0.1) is 0 Å². The summed E-state index contributed by atoms with van der Waals surface area (Å²) in [5, 5.41) is 4.47. The molecule has 3 heterocycles. The van der Waals surface area contributed by atoms with Gasteiger partial charge < -0.3 is 14.5 Å². The maximum atomic E-state index is 13.9. The van der Waals surface area contributed by atoms with Gasteiger partial charge in [0.15, 0.2) is 11.3 Å². The maximum absolute atomic E-state index is 13.9. The molecule has 0 spiro atoms. The lowest BCUT2D eigenvalue weighted by molar-refractivity contribution is -0.116. The SMILES string of the molecule is CCCc1nn(C)c2c(=O)[nH]c(-c3cc(S(=O)(=O)N4CCC(=O)/C(=C/c5cccc(OC)c5)C4)ccc3OCC)nc12. The van der Waals surface area contributed by atoms with Gasteiger partial charge in [-0.1, -0.05) is 25.5 Å². The van der Waals surface area contributed by atoms with E-state index in [4.69, 9.17) is 14.5 Å². The van der Waals surface area contributed by atoms with Crippen LogP contribution < -0.4 is 15.0 Å². The van der Waals surface area contributed by atoms with Gasteiger partial charge in [-0.05, 0) is 55.3 Å². The summed E-state index contributed by atoms with van der Waals surface area (Å²) in [5.74, 6) is 1.10. The zero-order valence-corrected chi connectivity index (χ0v) is 24.8. The fourth-order valence-corrected chi connectivity index (χ4v) is 6.52. The average Bonchev–Trinajstić information content (AvgIpc) is 3.29. The minimum atomic E-state index is -4.03. The Labute approximate surface area is 243 Å². The predicted octanol–water partition coefficient (Wildman–Crippen LogP) is 3.73. The highest BCUT2D eigenvalue weighted by Crippen LogP contribution is 2.33. The Morgan fingerprint density at radius 2 is 1.93 bits per heavy atom. The van der Waals surface area contributed by atoms with E-state index in [1.54, 1.807) is 44.5 Å². The number of benzene rings is 2. The van der Waals surface area contributed by atoms with Gasteiger partial charge in [-0.2, -0.15) is 9.40 Å². The van der Waals surface area contributed by atoms with Crippen LogP contribution in [0.5, 0.6) is 11.5 Å². The molecular formula is C30H33N5O6S. The molecule has 0 radical (unpaired) electrons. The maximum Gasteiger partial charge on any atom is 0.277 e. The molecule has 1 fully saturated rings. The molecule has 11 nitrogen and oxygen atoms in total. The number of fused-ring (bicyclic) bond motifs is 1. The molecule has 0 unspecified atom stereocenters. The van der Waals surface area contributed by atoms with Gasteiger partial charge in [-0.3, -0.25) is 14.3 Å². The van der Waals surface area contributed by atoms with Crippen LogP contribution in [0.1, 0.15) is 37.9 Å². The fourth-order valence-electron chi connectivity index (χ4n) is 5.07. The number of ketones is 1. The number of carbonyl (C=O) groups excluding carboxylic acids is 1. The molecule has 5 rings (SSSR count). The number of carbonyl (C=O) groups is 1. The van der Waals surface area contributed by atoms with Crippen molar-refractivity contribution in [2.75, 3.05) is 26.8 Å². The average molecular weight is 592 g/mol. The van der Waals surface area contributed by atoms with E-state index < -0.39 is 10.0 Å². The molecule has 1 aliphatic rings. The second-order valence-electron chi connectivity index (χ2n) is 9.98. The van der Waals surface area contributed by atoms with Gasteiger partial charge in [0.1, 0.15) is 22.8 Å². The number of nitrogens with zero attached hydrogens (tertiary/aromatic N) is 4. The number of aromatic amines is 1. The van der Waals surface area contributed by atoms with Gasteiger partial charge in [0.2, 0.25) is 10.0 Å². The van der Waals surface area contributed by atoms with E-state index in [9.17, 15) is 18.0 Å². The molecule has 0 atom stereocenters. The minimum absolute atomic E-state index is 0.00116. The zero-order chi connectivity index (χ0) is 30.0. The number of rotatable bonds is 9. The number of hydrogen-bond acceptors (Lipinski definition) is 8. The molecule has 2 aromatic heterocycles. The molecule has 1 N–H and O–H groups in total. The smallest absolute Gasteiger partial charge is 0.277 e. The number of hydrogen-bond donors (Lipinski definition) is 1. The first-order valence-electron chi connectivity index (χ1n) is 13.8. The molecule has 0 aliphatic carbocycles. The number of piperidine rings is 1. The van der Waals surface area contributed by atoms with Gasteiger partial charge in [0.05, 0.1) is 29.9 Å². The van der Waals surface area contributed by atoms with Gasteiger partial charge in [0.25, 0.3) is 5.56 Å². The topological polar surface area (TPSA) is 136 Å². The van der Waals surface area contributed by atoms with Crippen LogP contribution in [-0.2, 0) is 28.3 Å². The first-order valence-corrected chi connectivity index (χ1v) is 15.2. The third-order valence-corrected chi connectivity index (χ3v) is 8.96. The summed E-state index contributed by atoms with van der Waals surface area (Å²) < 4.78 is 41.6. The van der Waals surface area contributed by atoms with Crippen LogP contribution in [0.25, 0.3) is 28.5 Å². The lowest BCUT2D eigenvalue weighted by atomic mass is 10.0. The summed E-state index contributed by atoms with van der Waals surface area (Å²) in [5.41, 5.74) is 2.59. The van der Waals surface area contributed by atoms with Crippen LogP contribution in [0.2, 0.25) is 0 Å². The highest BCUT2D eigenvalue weighted by atomic mass is 32.2. The Morgan fingerprint density at radius 1 is 1.12 bits per heavy atom. The molecule has 2 aromatic carbocycles. The molecule has 42 heavy (non-hydrogen) atoms. The number of nitrogens with one attached hydrogen (secondary N) is 1. The number of H-pyrrole nitrogens is 1. The summed E-state index contributed by atoms with van der Waals surface area (Å²) in [4.78, 5) is 33.3. The van der Waals surface area contributed by atoms with E-state index in [0.717, 1.165) is 12.0 Å². The number of sulfonamides is 1. The summed E-state index contributed by atoms with van der Waals surface area (Å²) >= 11 is 0. The Hall–Kier alpha value is -4.29. The Bertz CT molecular complexity index is 1860. The van der Waals surface area contributed by atoms with Crippen molar-refractivity contribution in [1.29, 1.82) is 0 Å². The standard InChI is InChI=1S/C30H33N5O6S/c1-5-8-24-27-28(34(3)33-24)30(37)32-29(31-27)23-17-22(11-12-26(23)41-6-2)42(38,39)35-14-13-25(36)20(18-35)15-19-9-7-10-21(16-19)40-4/h7,9-12,15-17H,5-6,8,13-14,18H2,1-4H3,(H,31,32,37)/b20-15+. The van der Waals surface area contributed by atoms with Gasteiger partial charge in [0, 0.05) is 32.1 Å². The van der Waals surface area contributed by atoms with E-state index in [-0.39, 0.29) is 41.6 Å². The van der Waals surface area contributed by atoms with Gasteiger partial charge in [-0.25, -0.2) is 13.4 Å². The highest BCUT2D eigenvalue weighted by molar-refractivity contribution is 7.89. The van der Waals surface area contributed by atoms with E-state index in [0.29, 0.717) is 52.4 Å². The van der Waals surface area contributed by atoms with Crippen LogP contribution in [-0.4, -0.2) is 65.1 Å². The van der Waals surface area contributed by atoms with Gasteiger partial charge >= 0.3 is 0 Å². The quantitative estimate of drug-likeness (QED) is 0.291. The predicted molar refractivity (Wildman–Crippen MR) is 159 cm³/mol. The molecule has 4 aromatic rings. The number of methoxy groups -OCH3 is 1. The first-order chi connectivity index (χ1) is 20.2. The normalized spacial score (nSPS) is 15.4. The van der Waals surface area contributed by atoms with Crippen LogP contribution in [0.4, 0.5) is 0 Å². The van der Waals surface area contributed by atoms with Crippen molar-refractivity contribution in [3.05, 3.63) is 69.6 Å². The minimum Gasteiger partial charge on any atom is -0.497 e. The van der Waals surface area contributed by atoms with E-state index in [1.165, 1.54) is 21.1 Å². The van der Waals surface area contributed by atoms with Crippen molar-refractivity contribution >= 4 is 32.9 Å². The Kier molecular flexibility index (Phi) is 8.28. The molecule has 12 heteroatoms. The van der Waals surface area contributed by atoms with E-state index >= 15 is 0 Å². The number of aryl methyl sites for hydroxylation is 2. The summed E-state index contributed by atoms with van der Waals surface area (Å²) in [6.07, 6.45) is 3.22. The van der Waals surface area contributed by atoms with Crippen molar-refractivity contribution in [2.24, 2.45) is 7.05 Å². The second-order valence-corrected chi connectivity index (χ2v) is 11.9. The Balaban J connectivity index is 1.55. The van der Waals surface area contributed by atoms with Crippen molar-refractivity contribution < 1.29 is 22.7 Å². The molecule has 0 saturated carbocycles. The summed E-state index contributed by atoms with van der Waals surface area (Å²) in [6.45, 7) is 4.14. The Morgan fingerprint density at radius 3 is 2.67 bits per heavy atom. The lowest BCUT2D eigenvalue weighted by Crippen LogP contribution is -2.40. The molecule has 1 aliphatic heterocycles. The second kappa shape index (κ2) is 11.9. The van der Waals surface area contributed by atoms with Crippen molar-refractivity contribution in [1.82, 2.24) is 24.1 Å². The van der Waals surface area contributed by atoms with Crippen molar-refractivity contribution in [3.8, 4) is 22.9 Å².